The van der Waals surface area contributed by atoms with Crippen molar-refractivity contribution in [3.8, 4) is 6.07 Å². The largest absolute Gasteiger partial charge is 0.342 e. The zero-order chi connectivity index (χ0) is 11.8. The Morgan fingerprint density at radius 1 is 1.41 bits per heavy atom. The van der Waals surface area contributed by atoms with Gasteiger partial charge in [0.25, 0.3) is 0 Å². The highest BCUT2D eigenvalue weighted by molar-refractivity contribution is 5.82. The maximum absolute atomic E-state index is 9.16. The molecule has 0 bridgehead atoms. The van der Waals surface area contributed by atoms with Crippen molar-refractivity contribution in [3.63, 3.8) is 0 Å². The Morgan fingerprint density at radius 2 is 2.18 bits per heavy atom. The molecule has 0 aromatic carbocycles. The maximum atomic E-state index is 9.16. The second kappa shape index (κ2) is 3.89. The number of aryl methyl sites for hydroxylation is 1. The number of nitriles is 1. The van der Waals surface area contributed by atoms with Crippen LogP contribution < -0.4 is 0 Å². The molecule has 0 aliphatic heterocycles. The van der Waals surface area contributed by atoms with Gasteiger partial charge in [-0.15, -0.1) is 0 Å². The number of fused-ring (bicyclic) bond motifs is 1. The van der Waals surface area contributed by atoms with E-state index in [9.17, 15) is 0 Å². The predicted octanol–water partition coefficient (Wildman–Crippen LogP) is 3.33. The quantitative estimate of drug-likeness (QED) is 0.747. The van der Waals surface area contributed by atoms with Crippen LogP contribution >= 0.6 is 0 Å². The van der Waals surface area contributed by atoms with E-state index < -0.39 is 0 Å². The summed E-state index contributed by atoms with van der Waals surface area (Å²) < 4.78 is 2.26. The third kappa shape index (κ3) is 1.61. The number of rotatable bonds is 1. The van der Waals surface area contributed by atoms with E-state index in [2.05, 4.69) is 21.7 Å². The standard InChI is InChI=1S/C14H15N3/c1-10-6-13-14(16-8-10)11(7-15)9-17(13)12-4-2-3-5-12/h6,8-9,12H,2-5H2,1H3. The average Bonchev–Trinajstić information content (AvgIpc) is 2.94. The molecule has 1 aliphatic rings. The molecule has 3 rings (SSSR count). The Balaban J connectivity index is 2.23. The van der Waals surface area contributed by atoms with Gasteiger partial charge in [-0.3, -0.25) is 4.98 Å². The molecule has 0 saturated heterocycles. The molecule has 2 aromatic heterocycles. The van der Waals surface area contributed by atoms with Gasteiger partial charge in [0, 0.05) is 18.4 Å². The first kappa shape index (κ1) is 10.3. The van der Waals surface area contributed by atoms with Crippen molar-refractivity contribution in [3.05, 3.63) is 29.6 Å². The number of pyridine rings is 1. The SMILES string of the molecule is Cc1cnc2c(C#N)cn(C3CCCC3)c2c1. The Kier molecular flexibility index (Phi) is 2.36. The van der Waals surface area contributed by atoms with Gasteiger partial charge in [0.15, 0.2) is 0 Å². The van der Waals surface area contributed by atoms with E-state index in [1.807, 2.05) is 19.3 Å². The molecule has 2 aromatic rings. The molecule has 3 heteroatoms. The summed E-state index contributed by atoms with van der Waals surface area (Å²) in [4.78, 5) is 4.40. The fourth-order valence-corrected chi connectivity index (χ4v) is 2.79. The van der Waals surface area contributed by atoms with Crippen molar-refractivity contribution in [1.82, 2.24) is 9.55 Å². The van der Waals surface area contributed by atoms with Gasteiger partial charge in [0.2, 0.25) is 0 Å². The molecule has 1 saturated carbocycles. The Labute approximate surface area is 101 Å². The predicted molar refractivity (Wildman–Crippen MR) is 66.7 cm³/mol. The van der Waals surface area contributed by atoms with Crippen LogP contribution in [0.2, 0.25) is 0 Å². The molecule has 0 amide bonds. The summed E-state index contributed by atoms with van der Waals surface area (Å²) in [6, 6.07) is 4.95. The zero-order valence-corrected chi connectivity index (χ0v) is 9.98. The van der Waals surface area contributed by atoms with Gasteiger partial charge in [-0.1, -0.05) is 12.8 Å². The van der Waals surface area contributed by atoms with Crippen LogP contribution in [0.15, 0.2) is 18.5 Å². The van der Waals surface area contributed by atoms with Gasteiger partial charge in [-0.05, 0) is 31.4 Å². The van der Waals surface area contributed by atoms with Gasteiger partial charge in [0.1, 0.15) is 11.6 Å². The monoisotopic (exact) mass is 225 g/mol. The molecule has 0 atom stereocenters. The van der Waals surface area contributed by atoms with Crippen LogP contribution in [0.5, 0.6) is 0 Å². The minimum absolute atomic E-state index is 0.559. The van der Waals surface area contributed by atoms with Gasteiger partial charge in [-0.2, -0.15) is 5.26 Å². The summed E-state index contributed by atoms with van der Waals surface area (Å²) in [6.45, 7) is 2.05. The van der Waals surface area contributed by atoms with Gasteiger partial charge in [-0.25, -0.2) is 0 Å². The molecular formula is C14H15N3. The van der Waals surface area contributed by atoms with Crippen LogP contribution in [0.4, 0.5) is 0 Å². The highest BCUT2D eigenvalue weighted by Gasteiger charge is 2.20. The summed E-state index contributed by atoms with van der Waals surface area (Å²) in [5, 5.41) is 9.16. The van der Waals surface area contributed by atoms with Gasteiger partial charge >= 0.3 is 0 Å². The third-order valence-corrected chi connectivity index (χ3v) is 3.64. The van der Waals surface area contributed by atoms with Gasteiger partial charge in [0.05, 0.1) is 11.1 Å². The minimum atomic E-state index is 0.559. The van der Waals surface area contributed by atoms with Crippen molar-refractivity contribution in [2.24, 2.45) is 0 Å². The Morgan fingerprint density at radius 3 is 2.88 bits per heavy atom. The van der Waals surface area contributed by atoms with Crippen molar-refractivity contribution >= 4 is 11.0 Å². The first-order valence-electron chi connectivity index (χ1n) is 6.17. The van der Waals surface area contributed by atoms with Crippen molar-refractivity contribution in [2.45, 2.75) is 38.6 Å². The molecule has 1 fully saturated rings. The Bertz CT molecular complexity index is 598. The highest BCUT2D eigenvalue weighted by Crippen LogP contribution is 2.33. The van der Waals surface area contributed by atoms with Crippen LogP contribution in [-0.4, -0.2) is 9.55 Å². The second-order valence-corrected chi connectivity index (χ2v) is 4.88. The second-order valence-electron chi connectivity index (χ2n) is 4.88. The molecule has 0 unspecified atom stereocenters. The fourth-order valence-electron chi connectivity index (χ4n) is 2.79. The van der Waals surface area contributed by atoms with Crippen molar-refractivity contribution in [2.75, 3.05) is 0 Å². The summed E-state index contributed by atoms with van der Waals surface area (Å²) in [5.74, 6) is 0. The maximum Gasteiger partial charge on any atom is 0.106 e. The van der Waals surface area contributed by atoms with E-state index in [-0.39, 0.29) is 0 Å². The third-order valence-electron chi connectivity index (χ3n) is 3.64. The topological polar surface area (TPSA) is 41.6 Å². The highest BCUT2D eigenvalue weighted by atomic mass is 15.0. The van der Waals surface area contributed by atoms with Crippen molar-refractivity contribution < 1.29 is 0 Å². The summed E-state index contributed by atoms with van der Waals surface area (Å²) in [5.41, 5.74) is 3.82. The van der Waals surface area contributed by atoms with E-state index in [4.69, 9.17) is 5.26 Å². The van der Waals surface area contributed by atoms with Crippen LogP contribution in [0.25, 0.3) is 11.0 Å². The van der Waals surface area contributed by atoms with Crippen LogP contribution in [0, 0.1) is 18.3 Å². The summed E-state index contributed by atoms with van der Waals surface area (Å²) in [7, 11) is 0. The molecule has 17 heavy (non-hydrogen) atoms. The lowest BCUT2D eigenvalue weighted by Crippen LogP contribution is -2.02. The first-order chi connectivity index (χ1) is 8.29. The van der Waals surface area contributed by atoms with Gasteiger partial charge < -0.3 is 4.57 Å². The molecular weight excluding hydrogens is 210 g/mol. The molecule has 3 nitrogen and oxygen atoms in total. The normalized spacial score (nSPS) is 16.5. The lowest BCUT2D eigenvalue weighted by molar-refractivity contribution is 0.535. The summed E-state index contributed by atoms with van der Waals surface area (Å²) >= 11 is 0. The molecule has 0 spiro atoms. The van der Waals surface area contributed by atoms with Crippen LogP contribution in [-0.2, 0) is 0 Å². The molecule has 0 N–H and O–H groups in total. The minimum Gasteiger partial charge on any atom is -0.342 e. The van der Waals surface area contributed by atoms with E-state index >= 15 is 0 Å². The average molecular weight is 225 g/mol. The molecule has 0 radical (unpaired) electrons. The molecule has 86 valence electrons. The molecule has 1 aliphatic carbocycles. The van der Waals surface area contributed by atoms with E-state index in [0.29, 0.717) is 11.6 Å². The van der Waals surface area contributed by atoms with Crippen LogP contribution in [0.3, 0.4) is 0 Å². The summed E-state index contributed by atoms with van der Waals surface area (Å²) in [6.07, 6.45) is 8.86. The zero-order valence-electron chi connectivity index (χ0n) is 9.98. The Hall–Kier alpha value is -1.82. The molecule has 2 heterocycles. The lowest BCUT2D eigenvalue weighted by atomic mass is 10.2. The van der Waals surface area contributed by atoms with E-state index in [1.54, 1.807) is 0 Å². The fraction of sp³-hybridized carbons (Fsp3) is 0.429. The van der Waals surface area contributed by atoms with E-state index in [1.165, 1.54) is 25.7 Å². The van der Waals surface area contributed by atoms with Crippen molar-refractivity contribution in [1.29, 1.82) is 5.26 Å². The smallest absolute Gasteiger partial charge is 0.106 e. The van der Waals surface area contributed by atoms with E-state index in [0.717, 1.165) is 16.6 Å². The lowest BCUT2D eigenvalue weighted by Gasteiger charge is -2.12. The first-order valence-corrected chi connectivity index (χ1v) is 6.17. The number of nitrogens with zero attached hydrogens (tertiary/aromatic N) is 3. The number of hydrogen-bond acceptors (Lipinski definition) is 2. The van der Waals surface area contributed by atoms with Crippen LogP contribution in [0.1, 0.15) is 42.9 Å². The number of aromatic nitrogens is 2. The number of hydrogen-bond donors (Lipinski definition) is 0.